The number of fused-ring (bicyclic) bond motifs is 2. The Bertz CT molecular complexity index is 1570. The topological polar surface area (TPSA) is 123 Å². The van der Waals surface area contributed by atoms with Crippen LogP contribution in [0.1, 0.15) is 43.5 Å². The largest absolute Gasteiger partial charge is 0.393 e. The van der Waals surface area contributed by atoms with Gasteiger partial charge in [-0.25, -0.2) is 15.0 Å². The molecule has 2 aliphatic rings. The van der Waals surface area contributed by atoms with Gasteiger partial charge in [0.15, 0.2) is 0 Å². The number of anilines is 1. The Balaban J connectivity index is 1.15. The van der Waals surface area contributed by atoms with E-state index in [1.165, 1.54) is 28.2 Å². The van der Waals surface area contributed by atoms with E-state index in [1.807, 2.05) is 18.3 Å². The number of aryl methyl sites for hydroxylation is 1. The Hall–Kier alpha value is -3.05. The molecule has 39 heavy (non-hydrogen) atoms. The van der Waals surface area contributed by atoms with Crippen molar-refractivity contribution in [1.82, 2.24) is 24.5 Å². The maximum atomic E-state index is 13.1. The molecule has 11 heteroatoms. The molecule has 1 saturated heterocycles. The van der Waals surface area contributed by atoms with Gasteiger partial charge in [-0.1, -0.05) is 29.4 Å². The maximum Gasteiger partial charge on any atom is 0.262 e. The first kappa shape index (κ1) is 26.2. The van der Waals surface area contributed by atoms with Gasteiger partial charge in [0.1, 0.15) is 10.8 Å². The third-order valence-electron chi connectivity index (χ3n) is 8.04. The average Bonchev–Trinajstić information content (AvgIpc) is 3.21. The average molecular weight is 564 g/mol. The van der Waals surface area contributed by atoms with Gasteiger partial charge in [-0.2, -0.15) is 0 Å². The molecule has 0 radical (unpaired) electrons. The summed E-state index contributed by atoms with van der Waals surface area (Å²) in [5, 5.41) is 11.0. The molecule has 1 aliphatic heterocycles. The monoisotopic (exact) mass is 563 g/mol. The molecule has 0 amide bonds. The van der Waals surface area contributed by atoms with Crippen LogP contribution in [0.3, 0.4) is 0 Å². The highest BCUT2D eigenvalue weighted by molar-refractivity contribution is 7.99. The van der Waals surface area contributed by atoms with E-state index in [0.717, 1.165) is 43.9 Å². The van der Waals surface area contributed by atoms with Crippen molar-refractivity contribution < 1.29 is 5.11 Å². The summed E-state index contributed by atoms with van der Waals surface area (Å²) in [6, 6.07) is 7.74. The second kappa shape index (κ2) is 10.5. The molecular formula is C28H30ClN7O2S. The number of hydrogen-bond acceptors (Lipinski definition) is 9. The van der Waals surface area contributed by atoms with Gasteiger partial charge in [0.25, 0.3) is 5.56 Å². The Kier molecular flexibility index (Phi) is 7.05. The van der Waals surface area contributed by atoms with Gasteiger partial charge in [-0.3, -0.25) is 14.3 Å². The second-order valence-electron chi connectivity index (χ2n) is 10.5. The SMILES string of the molecule is CC(O)CCn1cnc2ccc(Sc3cnc(N4CCC5(CC4)Cc4ncccc4C5N)cn3)c(Cl)c2c1=O. The van der Waals surface area contributed by atoms with Gasteiger partial charge in [0.05, 0.1) is 40.8 Å². The zero-order chi connectivity index (χ0) is 27.1. The third kappa shape index (κ3) is 4.91. The van der Waals surface area contributed by atoms with Crippen molar-refractivity contribution in [2.45, 2.75) is 61.2 Å². The van der Waals surface area contributed by atoms with E-state index in [2.05, 4.69) is 25.9 Å². The first-order valence-electron chi connectivity index (χ1n) is 13.1. The van der Waals surface area contributed by atoms with E-state index in [9.17, 15) is 9.90 Å². The molecule has 2 unspecified atom stereocenters. The molecule has 1 aromatic carbocycles. The lowest BCUT2D eigenvalue weighted by Gasteiger charge is -2.42. The predicted molar refractivity (Wildman–Crippen MR) is 152 cm³/mol. The first-order valence-corrected chi connectivity index (χ1v) is 14.3. The van der Waals surface area contributed by atoms with Crippen molar-refractivity contribution in [2.24, 2.45) is 11.1 Å². The summed E-state index contributed by atoms with van der Waals surface area (Å²) in [5.74, 6) is 0.839. The summed E-state index contributed by atoms with van der Waals surface area (Å²) >= 11 is 8.06. The summed E-state index contributed by atoms with van der Waals surface area (Å²) in [6.45, 7) is 3.80. The number of aliphatic hydroxyl groups is 1. The molecule has 6 rings (SSSR count). The minimum Gasteiger partial charge on any atom is -0.393 e. The molecule has 1 fully saturated rings. The number of pyridine rings is 1. The van der Waals surface area contributed by atoms with Gasteiger partial charge in [-0.05, 0) is 61.8 Å². The van der Waals surface area contributed by atoms with Crippen molar-refractivity contribution in [2.75, 3.05) is 18.0 Å². The van der Waals surface area contributed by atoms with Crippen LogP contribution in [0.5, 0.6) is 0 Å². The number of rotatable bonds is 6. The zero-order valence-corrected chi connectivity index (χ0v) is 23.2. The summed E-state index contributed by atoms with van der Waals surface area (Å²) in [5.41, 5.74) is 9.39. The molecule has 4 heterocycles. The Morgan fingerprint density at radius 3 is 2.72 bits per heavy atom. The number of benzene rings is 1. The molecule has 3 N–H and O–H groups in total. The van der Waals surface area contributed by atoms with Gasteiger partial charge in [-0.15, -0.1) is 0 Å². The van der Waals surface area contributed by atoms with Crippen LogP contribution in [-0.4, -0.2) is 48.8 Å². The number of nitrogens with zero attached hydrogens (tertiary/aromatic N) is 6. The van der Waals surface area contributed by atoms with Crippen LogP contribution in [0.2, 0.25) is 5.02 Å². The van der Waals surface area contributed by atoms with Gasteiger partial charge in [0, 0.05) is 42.5 Å². The Morgan fingerprint density at radius 1 is 1.18 bits per heavy atom. The summed E-state index contributed by atoms with van der Waals surface area (Å²) in [6.07, 6.45) is 9.75. The highest BCUT2D eigenvalue weighted by Gasteiger charge is 2.46. The molecule has 1 aliphatic carbocycles. The smallest absolute Gasteiger partial charge is 0.262 e. The van der Waals surface area contributed by atoms with Crippen LogP contribution in [0.4, 0.5) is 5.82 Å². The van der Waals surface area contributed by atoms with Gasteiger partial charge < -0.3 is 15.7 Å². The van der Waals surface area contributed by atoms with Crippen LogP contribution >= 0.6 is 23.4 Å². The zero-order valence-electron chi connectivity index (χ0n) is 21.6. The summed E-state index contributed by atoms with van der Waals surface area (Å²) in [7, 11) is 0. The van der Waals surface area contributed by atoms with Crippen LogP contribution in [0.25, 0.3) is 10.9 Å². The molecule has 0 saturated carbocycles. The Morgan fingerprint density at radius 2 is 2.00 bits per heavy atom. The third-order valence-corrected chi connectivity index (χ3v) is 9.52. The number of piperidine rings is 1. The number of aliphatic hydroxyl groups excluding tert-OH is 1. The van der Waals surface area contributed by atoms with Crippen LogP contribution in [0.15, 0.2) is 63.9 Å². The van der Waals surface area contributed by atoms with Crippen LogP contribution in [-0.2, 0) is 13.0 Å². The van der Waals surface area contributed by atoms with Crippen LogP contribution in [0, 0.1) is 5.41 Å². The Labute approximate surface area is 235 Å². The second-order valence-corrected chi connectivity index (χ2v) is 12.0. The lowest BCUT2D eigenvalue weighted by atomic mass is 9.73. The van der Waals surface area contributed by atoms with E-state index in [1.54, 1.807) is 25.4 Å². The molecule has 0 bridgehead atoms. The fourth-order valence-corrected chi connectivity index (χ4v) is 6.83. The minimum atomic E-state index is -0.507. The molecule has 3 aromatic heterocycles. The first-order chi connectivity index (χ1) is 18.8. The van der Waals surface area contributed by atoms with Crippen molar-refractivity contribution >= 4 is 40.1 Å². The van der Waals surface area contributed by atoms with Gasteiger partial charge >= 0.3 is 0 Å². The minimum absolute atomic E-state index is 0.0254. The highest BCUT2D eigenvalue weighted by atomic mass is 35.5. The fraction of sp³-hybridized carbons (Fsp3) is 0.393. The number of aromatic nitrogens is 5. The quantitative estimate of drug-likeness (QED) is 0.358. The molecule has 2 atom stereocenters. The highest BCUT2D eigenvalue weighted by Crippen LogP contribution is 2.50. The van der Waals surface area contributed by atoms with E-state index in [4.69, 9.17) is 22.3 Å². The molecule has 202 valence electrons. The van der Waals surface area contributed by atoms with Gasteiger partial charge in [0.2, 0.25) is 0 Å². The number of nitrogens with two attached hydrogens (primary N) is 1. The van der Waals surface area contributed by atoms with E-state index in [-0.39, 0.29) is 17.0 Å². The summed E-state index contributed by atoms with van der Waals surface area (Å²) < 4.78 is 1.49. The normalized spacial score (nSPS) is 19.0. The number of hydrogen-bond donors (Lipinski definition) is 2. The lowest BCUT2D eigenvalue weighted by Crippen LogP contribution is -2.44. The molecule has 4 aromatic rings. The number of halogens is 1. The van der Waals surface area contributed by atoms with Crippen LogP contribution < -0.4 is 16.2 Å². The summed E-state index contributed by atoms with van der Waals surface area (Å²) in [4.78, 5) is 34.3. The van der Waals surface area contributed by atoms with Crippen molar-refractivity contribution in [1.29, 1.82) is 0 Å². The van der Waals surface area contributed by atoms with E-state index < -0.39 is 6.10 Å². The standard InChI is InChI=1S/C28H30ClN7O2S/c1-17(37)6-10-36-16-34-19-4-5-21(25(29)24(19)27(36)38)39-23-15-32-22(14-33-23)35-11-7-28(8-12-35)13-20-18(26(28)30)3-2-9-31-20/h2-5,9,14-17,26,37H,6-8,10-13,30H2,1H3. The fourth-order valence-electron chi connectivity index (χ4n) is 5.71. The lowest BCUT2D eigenvalue weighted by molar-refractivity contribution is 0.177. The van der Waals surface area contributed by atoms with Crippen molar-refractivity contribution in [3.8, 4) is 0 Å². The van der Waals surface area contributed by atoms with Crippen molar-refractivity contribution in [3.05, 3.63) is 75.8 Å². The predicted octanol–water partition coefficient (Wildman–Crippen LogP) is 4.00. The molecule has 1 spiro atoms. The van der Waals surface area contributed by atoms with E-state index >= 15 is 0 Å². The maximum absolute atomic E-state index is 13.1. The van der Waals surface area contributed by atoms with Crippen molar-refractivity contribution in [3.63, 3.8) is 0 Å². The van der Waals surface area contributed by atoms with E-state index in [0.29, 0.717) is 38.8 Å². The molecular weight excluding hydrogens is 534 g/mol. The molecule has 9 nitrogen and oxygen atoms in total.